The number of aliphatic hydroxyl groups excluding tert-OH is 1. The van der Waals surface area contributed by atoms with Gasteiger partial charge in [0.15, 0.2) is 0 Å². The molecule has 3 heterocycles. The Hall–Kier alpha value is -0.950. The summed E-state index contributed by atoms with van der Waals surface area (Å²) < 4.78 is 0. The molecule has 0 radical (unpaired) electrons. The molecule has 2 aliphatic rings. The topological polar surface area (TPSA) is 47.0 Å². The smallest absolute Gasteiger partial charge is 0.243 e. The quantitative estimate of drug-likeness (QED) is 0.896. The third kappa shape index (κ3) is 3.31. The first kappa shape index (κ1) is 16.9. The van der Waals surface area contributed by atoms with Crippen LogP contribution in [0.4, 0.5) is 0 Å². The van der Waals surface area contributed by atoms with E-state index in [0.717, 1.165) is 45.6 Å². The minimum absolute atomic E-state index is 0.0510. The van der Waals surface area contributed by atoms with Gasteiger partial charge in [-0.15, -0.1) is 11.3 Å². The number of likely N-dealkylation sites (tertiary alicyclic amines) is 1. The van der Waals surface area contributed by atoms with Crippen molar-refractivity contribution >= 4 is 17.2 Å². The number of aliphatic hydroxyl groups is 1. The third-order valence-electron chi connectivity index (χ3n) is 5.35. The fraction of sp³-hybridized carbons (Fsp3) is 0.706. The number of aryl methyl sites for hydroxylation is 1. The Balaban J connectivity index is 1.64. The van der Waals surface area contributed by atoms with Gasteiger partial charge in [0.2, 0.25) is 5.91 Å². The maximum atomic E-state index is 12.9. The van der Waals surface area contributed by atoms with Gasteiger partial charge in [0, 0.05) is 49.0 Å². The van der Waals surface area contributed by atoms with Crippen molar-refractivity contribution in [1.29, 1.82) is 0 Å². The van der Waals surface area contributed by atoms with Crippen LogP contribution in [0.2, 0.25) is 0 Å². The van der Waals surface area contributed by atoms with Crippen molar-refractivity contribution in [2.24, 2.45) is 0 Å². The molecule has 5 nitrogen and oxygen atoms in total. The van der Waals surface area contributed by atoms with Crippen LogP contribution in [0, 0.1) is 6.92 Å². The van der Waals surface area contributed by atoms with Gasteiger partial charge >= 0.3 is 0 Å². The summed E-state index contributed by atoms with van der Waals surface area (Å²) in [4.78, 5) is 22.2. The number of piperazine rings is 1. The predicted octanol–water partition coefficient (Wildman–Crippen LogP) is 1.16. The number of hydrogen-bond donors (Lipinski definition) is 1. The zero-order valence-corrected chi connectivity index (χ0v) is 14.9. The number of rotatable bonds is 4. The van der Waals surface area contributed by atoms with Gasteiger partial charge in [-0.25, -0.2) is 0 Å². The molecule has 0 atom stereocenters. The highest BCUT2D eigenvalue weighted by Gasteiger charge is 2.48. The van der Waals surface area contributed by atoms with Crippen molar-refractivity contribution in [3.63, 3.8) is 0 Å². The average molecular weight is 337 g/mol. The van der Waals surface area contributed by atoms with Gasteiger partial charge in [-0.2, -0.15) is 0 Å². The minimum atomic E-state index is -0.352. The molecule has 1 N–H and O–H groups in total. The van der Waals surface area contributed by atoms with Crippen LogP contribution in [-0.2, 0) is 11.3 Å². The van der Waals surface area contributed by atoms with Gasteiger partial charge < -0.3 is 10.0 Å². The standard InChI is InChI=1S/C17H27N3O2S/c1-14-3-4-15(23-14)13-19-7-5-17(6-8-19)16(22)20(11-12-21)10-9-18(17)2/h3-4,21H,5-13H2,1-2H3. The first-order valence-corrected chi connectivity index (χ1v) is 9.26. The van der Waals surface area contributed by atoms with E-state index in [4.69, 9.17) is 0 Å². The zero-order chi connectivity index (χ0) is 16.4. The highest BCUT2D eigenvalue weighted by molar-refractivity contribution is 7.11. The van der Waals surface area contributed by atoms with Crippen LogP contribution in [0.25, 0.3) is 0 Å². The lowest BCUT2D eigenvalue weighted by Crippen LogP contribution is -2.67. The molecule has 1 spiro atoms. The van der Waals surface area contributed by atoms with Crippen molar-refractivity contribution in [3.8, 4) is 0 Å². The largest absolute Gasteiger partial charge is 0.395 e. The molecule has 1 aromatic heterocycles. The van der Waals surface area contributed by atoms with Crippen molar-refractivity contribution < 1.29 is 9.90 Å². The lowest BCUT2D eigenvalue weighted by Gasteiger charge is -2.51. The minimum Gasteiger partial charge on any atom is -0.395 e. The van der Waals surface area contributed by atoms with Crippen LogP contribution >= 0.6 is 11.3 Å². The summed E-state index contributed by atoms with van der Waals surface area (Å²) in [5, 5.41) is 9.18. The number of amides is 1. The number of piperidine rings is 1. The second-order valence-corrected chi connectivity index (χ2v) is 8.13. The van der Waals surface area contributed by atoms with E-state index >= 15 is 0 Å². The van der Waals surface area contributed by atoms with E-state index in [1.54, 1.807) is 0 Å². The van der Waals surface area contributed by atoms with Crippen LogP contribution in [-0.4, -0.2) is 77.6 Å². The Bertz CT molecular complexity index is 552. The lowest BCUT2D eigenvalue weighted by atomic mass is 9.82. The van der Waals surface area contributed by atoms with Crippen molar-refractivity contribution in [2.75, 3.05) is 46.4 Å². The molecule has 0 unspecified atom stereocenters. The molecule has 1 aromatic rings. The molecule has 0 aliphatic carbocycles. The Morgan fingerprint density at radius 3 is 2.57 bits per heavy atom. The summed E-state index contributed by atoms with van der Waals surface area (Å²) in [5.41, 5.74) is -0.352. The summed E-state index contributed by atoms with van der Waals surface area (Å²) in [6.45, 7) is 7.20. The molecule has 0 aromatic carbocycles. The maximum absolute atomic E-state index is 12.9. The van der Waals surface area contributed by atoms with Crippen molar-refractivity contribution in [2.45, 2.75) is 31.8 Å². The van der Waals surface area contributed by atoms with E-state index in [1.165, 1.54) is 9.75 Å². The molecule has 0 bridgehead atoms. The SMILES string of the molecule is Cc1ccc(CN2CCC3(CC2)C(=O)N(CCO)CCN3C)s1. The van der Waals surface area contributed by atoms with Gasteiger partial charge in [-0.05, 0) is 38.9 Å². The Morgan fingerprint density at radius 1 is 1.22 bits per heavy atom. The van der Waals surface area contributed by atoms with Crippen LogP contribution in [0.3, 0.4) is 0 Å². The van der Waals surface area contributed by atoms with E-state index in [0.29, 0.717) is 6.54 Å². The molecule has 2 saturated heterocycles. The highest BCUT2D eigenvalue weighted by atomic mass is 32.1. The molecule has 128 valence electrons. The van der Waals surface area contributed by atoms with Gasteiger partial charge in [0.25, 0.3) is 0 Å². The highest BCUT2D eigenvalue weighted by Crippen LogP contribution is 2.33. The summed E-state index contributed by atoms with van der Waals surface area (Å²) >= 11 is 1.86. The number of nitrogens with zero attached hydrogens (tertiary/aromatic N) is 3. The van der Waals surface area contributed by atoms with Crippen molar-refractivity contribution in [1.82, 2.24) is 14.7 Å². The molecule has 2 aliphatic heterocycles. The number of carbonyl (C=O) groups is 1. The molecule has 1 amide bonds. The van der Waals surface area contributed by atoms with Gasteiger partial charge in [-0.1, -0.05) is 0 Å². The van der Waals surface area contributed by atoms with Gasteiger partial charge in [0.05, 0.1) is 6.61 Å². The second-order valence-electron chi connectivity index (χ2n) is 6.76. The van der Waals surface area contributed by atoms with Crippen molar-refractivity contribution in [3.05, 3.63) is 21.9 Å². The fourth-order valence-electron chi connectivity index (χ4n) is 3.85. The zero-order valence-electron chi connectivity index (χ0n) is 14.1. The molecule has 0 saturated carbocycles. The lowest BCUT2D eigenvalue weighted by molar-refractivity contribution is -0.154. The monoisotopic (exact) mass is 337 g/mol. The molecule has 6 heteroatoms. The summed E-state index contributed by atoms with van der Waals surface area (Å²) in [5.74, 6) is 0.215. The first-order chi connectivity index (χ1) is 11.0. The first-order valence-electron chi connectivity index (χ1n) is 8.44. The summed E-state index contributed by atoms with van der Waals surface area (Å²) in [7, 11) is 2.08. The van der Waals surface area contributed by atoms with Crippen LogP contribution in [0.1, 0.15) is 22.6 Å². The Kier molecular flexibility index (Phi) is 5.06. The average Bonchev–Trinajstić information content (AvgIpc) is 2.95. The Morgan fingerprint density at radius 2 is 1.96 bits per heavy atom. The summed E-state index contributed by atoms with van der Waals surface area (Å²) in [6, 6.07) is 4.39. The molecule has 23 heavy (non-hydrogen) atoms. The number of likely N-dealkylation sites (N-methyl/N-ethyl adjacent to an activating group) is 1. The molecular weight excluding hydrogens is 310 g/mol. The molecule has 3 rings (SSSR count). The number of β-amino-alcohol motifs (C(OH)–C–C–N with tert-alkyl or cyclic N) is 1. The van der Waals surface area contributed by atoms with E-state index in [9.17, 15) is 9.90 Å². The van der Waals surface area contributed by atoms with Crippen LogP contribution in [0.15, 0.2) is 12.1 Å². The van der Waals surface area contributed by atoms with Gasteiger partial charge in [-0.3, -0.25) is 14.6 Å². The van der Waals surface area contributed by atoms with E-state index in [1.807, 2.05) is 16.2 Å². The normalized spacial score (nSPS) is 22.9. The third-order valence-corrected chi connectivity index (χ3v) is 6.34. The summed E-state index contributed by atoms with van der Waals surface area (Å²) in [6.07, 6.45) is 1.77. The Labute approximate surface area is 142 Å². The van der Waals surface area contributed by atoms with Gasteiger partial charge in [0.1, 0.15) is 5.54 Å². The maximum Gasteiger partial charge on any atom is 0.243 e. The predicted molar refractivity (Wildman–Crippen MR) is 92.6 cm³/mol. The second kappa shape index (κ2) is 6.89. The van der Waals surface area contributed by atoms with Crippen LogP contribution in [0.5, 0.6) is 0 Å². The van der Waals surface area contributed by atoms with E-state index in [2.05, 4.69) is 35.9 Å². The van der Waals surface area contributed by atoms with E-state index < -0.39 is 0 Å². The number of hydrogen-bond acceptors (Lipinski definition) is 5. The number of carbonyl (C=O) groups excluding carboxylic acids is 1. The van der Waals surface area contributed by atoms with Crippen LogP contribution < -0.4 is 0 Å². The molecule has 2 fully saturated rings. The van der Waals surface area contributed by atoms with E-state index in [-0.39, 0.29) is 18.1 Å². The fourth-order valence-corrected chi connectivity index (χ4v) is 4.78. The number of thiophene rings is 1. The molecular formula is C17H27N3O2S.